The predicted molar refractivity (Wildman–Crippen MR) is 60.9 cm³/mol. The van der Waals surface area contributed by atoms with E-state index in [1.807, 2.05) is 0 Å². The highest BCUT2D eigenvalue weighted by Gasteiger charge is 2.16. The average Bonchev–Trinajstić information content (AvgIpc) is 2.76. The Balaban J connectivity index is 1.99. The first kappa shape index (κ1) is 13.0. The van der Waals surface area contributed by atoms with Crippen molar-refractivity contribution in [2.24, 2.45) is 0 Å². The van der Waals surface area contributed by atoms with Gasteiger partial charge in [-0.15, -0.1) is 0 Å². The molecule has 0 aromatic rings. The van der Waals surface area contributed by atoms with Crippen molar-refractivity contribution in [2.45, 2.75) is 57.4 Å². The van der Waals surface area contributed by atoms with Crippen LogP contribution in [-0.2, 0) is 14.3 Å². The Hall–Kier alpha value is -1.06. The lowest BCUT2D eigenvalue weighted by molar-refractivity contribution is -0.140. The highest BCUT2D eigenvalue weighted by molar-refractivity contribution is 5.76. The van der Waals surface area contributed by atoms with E-state index >= 15 is 0 Å². The van der Waals surface area contributed by atoms with Crippen LogP contribution in [0.1, 0.15) is 51.4 Å². The second-order valence-electron chi connectivity index (χ2n) is 4.33. The molecule has 1 rings (SSSR count). The number of amides is 1. The molecule has 1 fully saturated rings. The van der Waals surface area contributed by atoms with Gasteiger partial charge >= 0.3 is 5.97 Å². The van der Waals surface area contributed by atoms with E-state index in [2.05, 4.69) is 10.1 Å². The van der Waals surface area contributed by atoms with Crippen LogP contribution >= 0.6 is 0 Å². The molecule has 0 spiro atoms. The van der Waals surface area contributed by atoms with Crippen molar-refractivity contribution in [1.82, 2.24) is 5.32 Å². The fourth-order valence-electron chi connectivity index (χ4n) is 2.03. The van der Waals surface area contributed by atoms with Crippen LogP contribution in [0.15, 0.2) is 0 Å². The van der Waals surface area contributed by atoms with Gasteiger partial charge in [0.15, 0.2) is 0 Å². The largest absolute Gasteiger partial charge is 0.469 e. The lowest BCUT2D eigenvalue weighted by Gasteiger charge is -2.11. The van der Waals surface area contributed by atoms with Crippen molar-refractivity contribution >= 4 is 11.9 Å². The highest BCUT2D eigenvalue weighted by atomic mass is 16.5. The number of hydrogen-bond acceptors (Lipinski definition) is 3. The standard InChI is InChI=1S/C12H21NO3/c1-16-12(15)9-5-4-8-11(14)13-10-6-2-3-7-10/h10H,2-9H2,1H3,(H,13,14). The number of rotatable bonds is 6. The first-order valence-corrected chi connectivity index (χ1v) is 6.08. The van der Waals surface area contributed by atoms with E-state index in [1.54, 1.807) is 0 Å². The van der Waals surface area contributed by atoms with Crippen LogP contribution in [0, 0.1) is 0 Å². The van der Waals surface area contributed by atoms with Gasteiger partial charge in [0.05, 0.1) is 7.11 Å². The molecule has 16 heavy (non-hydrogen) atoms. The average molecular weight is 227 g/mol. The Labute approximate surface area is 96.7 Å². The molecule has 1 amide bonds. The van der Waals surface area contributed by atoms with Gasteiger partial charge in [-0.2, -0.15) is 0 Å². The van der Waals surface area contributed by atoms with Gasteiger partial charge in [0, 0.05) is 18.9 Å². The van der Waals surface area contributed by atoms with Crippen LogP contribution in [0.4, 0.5) is 0 Å². The molecule has 0 saturated heterocycles. The highest BCUT2D eigenvalue weighted by Crippen LogP contribution is 2.17. The maximum absolute atomic E-state index is 11.5. The molecule has 92 valence electrons. The van der Waals surface area contributed by atoms with Gasteiger partial charge in [0.2, 0.25) is 5.91 Å². The molecule has 0 radical (unpaired) electrons. The molecule has 1 saturated carbocycles. The first-order valence-electron chi connectivity index (χ1n) is 6.08. The van der Waals surface area contributed by atoms with Crippen LogP contribution in [0.3, 0.4) is 0 Å². The molecule has 0 aliphatic heterocycles. The number of carbonyl (C=O) groups excluding carboxylic acids is 2. The van der Waals surface area contributed by atoms with Crippen molar-refractivity contribution in [3.8, 4) is 0 Å². The van der Waals surface area contributed by atoms with Crippen LogP contribution < -0.4 is 5.32 Å². The maximum Gasteiger partial charge on any atom is 0.305 e. The molecular formula is C12H21NO3. The molecule has 4 heteroatoms. The molecule has 0 unspecified atom stereocenters. The number of nitrogens with one attached hydrogen (secondary N) is 1. The van der Waals surface area contributed by atoms with Gasteiger partial charge < -0.3 is 10.1 Å². The molecule has 0 bridgehead atoms. The summed E-state index contributed by atoms with van der Waals surface area (Å²) in [6.45, 7) is 0. The van der Waals surface area contributed by atoms with Crippen LogP contribution in [-0.4, -0.2) is 25.0 Å². The molecule has 0 atom stereocenters. The van der Waals surface area contributed by atoms with E-state index in [0.29, 0.717) is 18.9 Å². The monoisotopic (exact) mass is 227 g/mol. The fourth-order valence-corrected chi connectivity index (χ4v) is 2.03. The van der Waals surface area contributed by atoms with E-state index in [4.69, 9.17) is 0 Å². The number of ether oxygens (including phenoxy) is 1. The second kappa shape index (κ2) is 7.25. The molecule has 0 aromatic carbocycles. The van der Waals surface area contributed by atoms with Crippen molar-refractivity contribution in [1.29, 1.82) is 0 Å². The zero-order chi connectivity index (χ0) is 11.8. The number of methoxy groups -OCH3 is 1. The second-order valence-corrected chi connectivity index (χ2v) is 4.33. The summed E-state index contributed by atoms with van der Waals surface area (Å²) in [7, 11) is 1.38. The van der Waals surface area contributed by atoms with Gasteiger partial charge in [-0.1, -0.05) is 12.8 Å². The zero-order valence-electron chi connectivity index (χ0n) is 9.96. The molecular weight excluding hydrogens is 206 g/mol. The van der Waals surface area contributed by atoms with Crippen molar-refractivity contribution in [3.05, 3.63) is 0 Å². The van der Waals surface area contributed by atoms with E-state index in [9.17, 15) is 9.59 Å². The Morgan fingerprint density at radius 1 is 1.19 bits per heavy atom. The van der Waals surface area contributed by atoms with Crippen molar-refractivity contribution in [3.63, 3.8) is 0 Å². The summed E-state index contributed by atoms with van der Waals surface area (Å²) >= 11 is 0. The predicted octanol–water partition coefficient (Wildman–Crippen LogP) is 1.78. The van der Waals surface area contributed by atoms with E-state index in [1.165, 1.54) is 20.0 Å². The first-order chi connectivity index (χ1) is 7.72. The fraction of sp³-hybridized carbons (Fsp3) is 0.833. The van der Waals surface area contributed by atoms with Crippen LogP contribution in [0.2, 0.25) is 0 Å². The minimum absolute atomic E-state index is 0.122. The molecule has 4 nitrogen and oxygen atoms in total. The summed E-state index contributed by atoms with van der Waals surface area (Å²) in [4.78, 5) is 22.3. The summed E-state index contributed by atoms with van der Waals surface area (Å²) < 4.78 is 4.53. The third kappa shape index (κ3) is 5.14. The third-order valence-corrected chi connectivity index (χ3v) is 2.98. The van der Waals surface area contributed by atoms with E-state index in [-0.39, 0.29) is 11.9 Å². The number of hydrogen-bond donors (Lipinski definition) is 1. The van der Waals surface area contributed by atoms with Gasteiger partial charge in [-0.05, 0) is 25.7 Å². The number of carbonyl (C=O) groups is 2. The van der Waals surface area contributed by atoms with Gasteiger partial charge in [0.1, 0.15) is 0 Å². The summed E-state index contributed by atoms with van der Waals surface area (Å²) in [5.41, 5.74) is 0. The zero-order valence-corrected chi connectivity index (χ0v) is 9.96. The quantitative estimate of drug-likeness (QED) is 0.556. The minimum atomic E-state index is -0.198. The normalized spacial score (nSPS) is 16.1. The lowest BCUT2D eigenvalue weighted by atomic mass is 10.1. The maximum atomic E-state index is 11.5. The third-order valence-electron chi connectivity index (χ3n) is 2.98. The van der Waals surface area contributed by atoms with E-state index in [0.717, 1.165) is 25.7 Å². The van der Waals surface area contributed by atoms with Crippen LogP contribution in [0.25, 0.3) is 0 Å². The lowest BCUT2D eigenvalue weighted by Crippen LogP contribution is -2.32. The molecule has 1 N–H and O–H groups in total. The SMILES string of the molecule is COC(=O)CCCCC(=O)NC1CCCC1. The van der Waals surface area contributed by atoms with Crippen molar-refractivity contribution in [2.75, 3.05) is 7.11 Å². The minimum Gasteiger partial charge on any atom is -0.469 e. The number of esters is 1. The Bertz CT molecular complexity index is 234. The molecule has 0 aromatic heterocycles. The molecule has 1 aliphatic carbocycles. The molecule has 1 aliphatic rings. The summed E-state index contributed by atoms with van der Waals surface area (Å²) in [6.07, 6.45) is 7.11. The Morgan fingerprint density at radius 3 is 2.44 bits per heavy atom. The smallest absolute Gasteiger partial charge is 0.305 e. The van der Waals surface area contributed by atoms with E-state index < -0.39 is 0 Å². The van der Waals surface area contributed by atoms with Gasteiger partial charge in [-0.25, -0.2) is 0 Å². The Kier molecular flexibility index (Phi) is 5.90. The Morgan fingerprint density at radius 2 is 1.81 bits per heavy atom. The van der Waals surface area contributed by atoms with Gasteiger partial charge in [0.25, 0.3) is 0 Å². The van der Waals surface area contributed by atoms with Crippen LogP contribution in [0.5, 0.6) is 0 Å². The van der Waals surface area contributed by atoms with Crippen molar-refractivity contribution < 1.29 is 14.3 Å². The topological polar surface area (TPSA) is 55.4 Å². The molecule has 0 heterocycles. The summed E-state index contributed by atoms with van der Waals surface area (Å²) in [6, 6.07) is 0.396. The number of unbranched alkanes of at least 4 members (excludes halogenated alkanes) is 1. The van der Waals surface area contributed by atoms with Gasteiger partial charge in [-0.3, -0.25) is 9.59 Å². The summed E-state index contributed by atoms with van der Waals surface area (Å²) in [5, 5.41) is 3.03. The summed E-state index contributed by atoms with van der Waals surface area (Å²) in [5.74, 6) is -0.0760.